The second-order valence-corrected chi connectivity index (χ2v) is 6.79. The molecular weight excluding hydrogens is 438 g/mol. The van der Waals surface area contributed by atoms with Gasteiger partial charge in [-0.1, -0.05) is 5.21 Å². The highest BCUT2D eigenvalue weighted by atomic mass is 127. The quantitative estimate of drug-likeness (QED) is 0.559. The number of rotatable bonds is 2. The van der Waals surface area contributed by atoms with Gasteiger partial charge in [0.25, 0.3) is 11.9 Å². The van der Waals surface area contributed by atoms with Gasteiger partial charge >= 0.3 is 0 Å². The van der Waals surface area contributed by atoms with Crippen LogP contribution >= 0.6 is 22.6 Å². The maximum absolute atomic E-state index is 14.1. The van der Waals surface area contributed by atoms with Crippen molar-refractivity contribution in [2.45, 2.75) is 13.0 Å². The predicted octanol–water partition coefficient (Wildman–Crippen LogP) is 2.00. The summed E-state index contributed by atoms with van der Waals surface area (Å²) in [6, 6.07) is 6.31. The van der Waals surface area contributed by atoms with Gasteiger partial charge in [0.2, 0.25) is 0 Å². The Hall–Kier alpha value is -2.43. The normalized spacial score (nSPS) is 13.6. The molecule has 0 saturated heterocycles. The van der Waals surface area contributed by atoms with Crippen LogP contribution in [0.1, 0.15) is 21.7 Å². The first-order valence-electron chi connectivity index (χ1n) is 7.58. The van der Waals surface area contributed by atoms with E-state index in [2.05, 4.69) is 20.3 Å². The van der Waals surface area contributed by atoms with E-state index in [1.54, 1.807) is 34.1 Å². The summed E-state index contributed by atoms with van der Waals surface area (Å²) < 4.78 is 16.4. The standard InChI is InChI=1S/C16H12FIN6O/c17-12-8-10(18)2-3-11(12)15(25)23-7-4-14-13(9-23)21-22-24(14)16-19-5-1-6-20-16/h1-3,5-6,8H,4,7,9H2. The highest BCUT2D eigenvalue weighted by molar-refractivity contribution is 14.1. The molecule has 9 heteroatoms. The van der Waals surface area contributed by atoms with Crippen molar-refractivity contribution in [3.05, 3.63) is 63.0 Å². The molecule has 7 nitrogen and oxygen atoms in total. The molecule has 0 spiro atoms. The van der Waals surface area contributed by atoms with Gasteiger partial charge in [0, 0.05) is 28.9 Å². The number of carbonyl (C=O) groups is 1. The molecule has 25 heavy (non-hydrogen) atoms. The smallest absolute Gasteiger partial charge is 0.257 e. The molecule has 0 fully saturated rings. The molecule has 1 amide bonds. The Morgan fingerprint density at radius 1 is 1.24 bits per heavy atom. The molecule has 2 aromatic heterocycles. The van der Waals surface area contributed by atoms with Crippen molar-refractivity contribution in [2.24, 2.45) is 0 Å². The molecule has 1 aliphatic heterocycles. The second-order valence-electron chi connectivity index (χ2n) is 5.54. The van der Waals surface area contributed by atoms with Gasteiger partial charge in [-0.05, 0) is 46.9 Å². The highest BCUT2D eigenvalue weighted by Gasteiger charge is 2.28. The maximum atomic E-state index is 14.1. The summed E-state index contributed by atoms with van der Waals surface area (Å²) in [4.78, 5) is 22.5. The molecule has 0 unspecified atom stereocenters. The summed E-state index contributed by atoms with van der Waals surface area (Å²) in [7, 11) is 0. The molecule has 0 N–H and O–H groups in total. The van der Waals surface area contributed by atoms with Crippen LogP contribution in [0.3, 0.4) is 0 Å². The highest BCUT2D eigenvalue weighted by Crippen LogP contribution is 2.21. The summed E-state index contributed by atoms with van der Waals surface area (Å²) >= 11 is 2.01. The topological polar surface area (TPSA) is 76.8 Å². The minimum Gasteiger partial charge on any atom is -0.332 e. The maximum Gasteiger partial charge on any atom is 0.257 e. The summed E-state index contributed by atoms with van der Waals surface area (Å²) in [5.41, 5.74) is 1.62. The Morgan fingerprint density at radius 2 is 2.04 bits per heavy atom. The third-order valence-corrected chi connectivity index (χ3v) is 4.66. The fraction of sp³-hybridized carbons (Fsp3) is 0.188. The van der Waals surface area contributed by atoms with Crippen LogP contribution in [0, 0.1) is 9.39 Å². The van der Waals surface area contributed by atoms with Crippen molar-refractivity contribution in [1.82, 2.24) is 29.9 Å². The molecule has 0 atom stereocenters. The van der Waals surface area contributed by atoms with Gasteiger partial charge in [-0.2, -0.15) is 4.68 Å². The lowest BCUT2D eigenvalue weighted by Crippen LogP contribution is -2.37. The first kappa shape index (κ1) is 16.1. The molecule has 0 bridgehead atoms. The molecule has 0 aliphatic carbocycles. The zero-order valence-electron chi connectivity index (χ0n) is 12.9. The molecule has 0 saturated carbocycles. The van der Waals surface area contributed by atoms with Crippen molar-refractivity contribution in [1.29, 1.82) is 0 Å². The van der Waals surface area contributed by atoms with E-state index in [4.69, 9.17) is 0 Å². The van der Waals surface area contributed by atoms with Crippen LogP contribution in [0.4, 0.5) is 4.39 Å². The first-order chi connectivity index (χ1) is 12.1. The number of nitrogens with zero attached hydrogens (tertiary/aromatic N) is 6. The summed E-state index contributed by atoms with van der Waals surface area (Å²) in [6.45, 7) is 0.740. The van der Waals surface area contributed by atoms with Crippen LogP contribution < -0.4 is 0 Å². The van der Waals surface area contributed by atoms with Gasteiger partial charge in [0.1, 0.15) is 11.5 Å². The number of carbonyl (C=O) groups excluding carboxylic acids is 1. The van der Waals surface area contributed by atoms with E-state index in [0.29, 0.717) is 24.6 Å². The lowest BCUT2D eigenvalue weighted by atomic mass is 10.1. The zero-order valence-corrected chi connectivity index (χ0v) is 15.1. The molecule has 3 heterocycles. The summed E-state index contributed by atoms with van der Waals surface area (Å²) in [5.74, 6) is -0.409. The van der Waals surface area contributed by atoms with Crippen molar-refractivity contribution in [2.75, 3.05) is 6.54 Å². The fourth-order valence-corrected chi connectivity index (χ4v) is 3.23. The van der Waals surface area contributed by atoms with Crippen molar-refractivity contribution < 1.29 is 9.18 Å². The third kappa shape index (κ3) is 2.99. The molecular formula is C16H12FIN6O. The number of hydrogen-bond donors (Lipinski definition) is 0. The lowest BCUT2D eigenvalue weighted by molar-refractivity contribution is 0.0726. The number of hydrogen-bond acceptors (Lipinski definition) is 5. The van der Waals surface area contributed by atoms with Crippen LogP contribution in [-0.4, -0.2) is 42.3 Å². The fourth-order valence-electron chi connectivity index (χ4n) is 2.77. The van der Waals surface area contributed by atoms with E-state index >= 15 is 0 Å². The van der Waals surface area contributed by atoms with E-state index in [1.165, 1.54) is 12.1 Å². The minimum absolute atomic E-state index is 0.0719. The average Bonchev–Trinajstić information content (AvgIpc) is 3.05. The number of halogens is 2. The van der Waals surface area contributed by atoms with Crippen LogP contribution in [0.5, 0.6) is 0 Å². The largest absolute Gasteiger partial charge is 0.332 e. The third-order valence-electron chi connectivity index (χ3n) is 3.99. The number of benzene rings is 1. The van der Waals surface area contributed by atoms with E-state index in [-0.39, 0.29) is 18.0 Å². The van der Waals surface area contributed by atoms with E-state index in [9.17, 15) is 9.18 Å². The second kappa shape index (κ2) is 6.47. The van der Waals surface area contributed by atoms with E-state index < -0.39 is 5.82 Å². The van der Waals surface area contributed by atoms with Crippen LogP contribution in [-0.2, 0) is 13.0 Å². The van der Waals surface area contributed by atoms with Crippen molar-refractivity contribution in [3.8, 4) is 5.95 Å². The SMILES string of the molecule is O=C(c1ccc(I)cc1F)N1CCc2c(nnn2-c2ncccn2)C1. The predicted molar refractivity (Wildman–Crippen MR) is 94.5 cm³/mol. The van der Waals surface area contributed by atoms with Crippen LogP contribution in [0.25, 0.3) is 5.95 Å². The zero-order chi connectivity index (χ0) is 17.4. The molecule has 126 valence electrons. The molecule has 1 aliphatic rings. The van der Waals surface area contributed by atoms with Gasteiger partial charge in [-0.25, -0.2) is 14.4 Å². The van der Waals surface area contributed by atoms with Crippen LogP contribution in [0.2, 0.25) is 0 Å². The Balaban J connectivity index is 1.60. The van der Waals surface area contributed by atoms with Gasteiger partial charge in [0.05, 0.1) is 17.8 Å². The monoisotopic (exact) mass is 450 g/mol. The Bertz CT molecular complexity index is 945. The number of aromatic nitrogens is 5. The van der Waals surface area contributed by atoms with Crippen LogP contribution in [0.15, 0.2) is 36.7 Å². The molecule has 0 radical (unpaired) electrons. The van der Waals surface area contributed by atoms with Gasteiger partial charge in [-0.15, -0.1) is 5.10 Å². The summed E-state index contributed by atoms with van der Waals surface area (Å²) in [6.07, 6.45) is 3.82. The minimum atomic E-state index is -0.510. The molecule has 1 aromatic carbocycles. The van der Waals surface area contributed by atoms with E-state index in [0.717, 1.165) is 9.26 Å². The Morgan fingerprint density at radius 3 is 2.80 bits per heavy atom. The lowest BCUT2D eigenvalue weighted by Gasteiger charge is -2.26. The van der Waals surface area contributed by atoms with Gasteiger partial charge in [-0.3, -0.25) is 4.79 Å². The Labute approximate surface area is 156 Å². The van der Waals surface area contributed by atoms with Gasteiger partial charge < -0.3 is 4.90 Å². The number of amides is 1. The first-order valence-corrected chi connectivity index (χ1v) is 8.66. The molecule has 4 rings (SSSR count). The van der Waals surface area contributed by atoms with E-state index in [1.807, 2.05) is 22.6 Å². The number of fused-ring (bicyclic) bond motifs is 1. The van der Waals surface area contributed by atoms with Crippen molar-refractivity contribution >= 4 is 28.5 Å². The van der Waals surface area contributed by atoms with Gasteiger partial charge in [0.15, 0.2) is 0 Å². The van der Waals surface area contributed by atoms with Crippen molar-refractivity contribution in [3.63, 3.8) is 0 Å². The Kier molecular flexibility index (Phi) is 4.15. The molecule has 3 aromatic rings. The average molecular weight is 450 g/mol. The summed E-state index contributed by atoms with van der Waals surface area (Å²) in [5, 5.41) is 8.23.